The van der Waals surface area contributed by atoms with Gasteiger partial charge in [-0.2, -0.15) is 0 Å². The summed E-state index contributed by atoms with van der Waals surface area (Å²) in [5.41, 5.74) is 2.76. The number of carbonyl (C=O) groups excluding carboxylic acids is 2. The summed E-state index contributed by atoms with van der Waals surface area (Å²) in [4.78, 5) is 30.8. The average molecular weight is 490 g/mol. The fourth-order valence-corrected chi connectivity index (χ4v) is 4.46. The average Bonchev–Trinajstić information content (AvgIpc) is 3.32. The first kappa shape index (κ1) is 25.0. The molecule has 0 aliphatic carbocycles. The second-order valence-electron chi connectivity index (χ2n) is 7.85. The van der Waals surface area contributed by atoms with E-state index in [4.69, 9.17) is 16.3 Å². The highest BCUT2D eigenvalue weighted by Crippen LogP contribution is 2.29. The van der Waals surface area contributed by atoms with Crippen molar-refractivity contribution in [3.8, 4) is 5.69 Å². The number of aryl methyl sites for hydroxylation is 2. The molecule has 0 bridgehead atoms. The summed E-state index contributed by atoms with van der Waals surface area (Å²) in [6.45, 7) is 7.55. The minimum absolute atomic E-state index is 0.0109. The monoisotopic (exact) mass is 489 g/mol. The largest absolute Gasteiger partial charge is 0.462 e. The van der Waals surface area contributed by atoms with Crippen LogP contribution in [-0.4, -0.2) is 62.9 Å². The second kappa shape index (κ2) is 10.5. The second-order valence-corrected chi connectivity index (χ2v) is 9.23. The van der Waals surface area contributed by atoms with Gasteiger partial charge in [-0.25, -0.2) is 4.79 Å². The van der Waals surface area contributed by atoms with Crippen LogP contribution in [0.3, 0.4) is 0 Å². The van der Waals surface area contributed by atoms with Crippen LogP contribution in [0.1, 0.15) is 57.8 Å². The van der Waals surface area contributed by atoms with E-state index in [0.29, 0.717) is 32.7 Å². The first-order chi connectivity index (χ1) is 15.6. The molecule has 176 valence electrons. The molecule has 0 fully saturated rings. The van der Waals surface area contributed by atoms with Gasteiger partial charge in [-0.05, 0) is 66.1 Å². The molecular weight excluding hydrogens is 462 g/mol. The fourth-order valence-electron chi connectivity index (χ4n) is 3.50. The molecule has 2 heterocycles. The third-order valence-corrected chi connectivity index (χ3v) is 6.54. The number of halogens is 1. The smallest absolute Gasteiger partial charge is 0.340 e. The molecule has 0 spiro atoms. The van der Waals surface area contributed by atoms with Crippen molar-refractivity contribution in [1.29, 1.82) is 0 Å². The molecule has 2 aromatic heterocycles. The standard InChI is InChI=1S/C23H28ClN5O3S/c1-7-32-22(31)20-14(3)25-13(2)19(20)18(30)12-33-23-27-26-21(15(4)28(5)6)29(23)17-10-8-16(24)9-11-17/h8-11,15,25H,7,12H2,1-6H3/t15-/m1/s1. The molecule has 0 unspecified atom stereocenters. The van der Waals surface area contributed by atoms with E-state index >= 15 is 0 Å². The van der Waals surface area contributed by atoms with Gasteiger partial charge in [0.05, 0.1) is 29.5 Å². The van der Waals surface area contributed by atoms with Gasteiger partial charge in [0, 0.05) is 22.1 Å². The van der Waals surface area contributed by atoms with Gasteiger partial charge in [0.2, 0.25) is 0 Å². The van der Waals surface area contributed by atoms with Crippen molar-refractivity contribution in [2.75, 3.05) is 26.5 Å². The number of H-pyrrole nitrogens is 1. The maximum atomic E-state index is 13.2. The molecule has 3 rings (SSSR count). The maximum Gasteiger partial charge on any atom is 0.340 e. The summed E-state index contributed by atoms with van der Waals surface area (Å²) in [6.07, 6.45) is 0. The van der Waals surface area contributed by atoms with Crippen LogP contribution in [0, 0.1) is 13.8 Å². The summed E-state index contributed by atoms with van der Waals surface area (Å²) in [5.74, 6) is 0.155. The third-order valence-electron chi connectivity index (χ3n) is 5.36. The zero-order valence-corrected chi connectivity index (χ0v) is 21.2. The van der Waals surface area contributed by atoms with E-state index in [9.17, 15) is 9.59 Å². The molecular formula is C23H28ClN5O3S. The number of thioether (sulfide) groups is 1. The molecule has 1 atom stereocenters. The van der Waals surface area contributed by atoms with Crippen LogP contribution in [0.25, 0.3) is 5.69 Å². The molecule has 0 aliphatic rings. The van der Waals surface area contributed by atoms with E-state index in [1.54, 1.807) is 32.9 Å². The summed E-state index contributed by atoms with van der Waals surface area (Å²) in [5, 5.41) is 9.98. The van der Waals surface area contributed by atoms with Crippen LogP contribution < -0.4 is 0 Å². The first-order valence-corrected chi connectivity index (χ1v) is 11.9. The number of nitrogens with one attached hydrogen (secondary N) is 1. The Bertz CT molecular complexity index is 1150. The molecule has 1 aromatic carbocycles. The Hall–Kier alpha value is -2.62. The lowest BCUT2D eigenvalue weighted by Gasteiger charge is -2.20. The number of carbonyl (C=O) groups is 2. The quantitative estimate of drug-likeness (QED) is 0.266. The van der Waals surface area contributed by atoms with Crippen molar-refractivity contribution in [3.63, 3.8) is 0 Å². The van der Waals surface area contributed by atoms with E-state index in [1.165, 1.54) is 11.8 Å². The number of rotatable bonds is 9. The lowest BCUT2D eigenvalue weighted by molar-refractivity contribution is 0.0522. The van der Waals surface area contributed by atoms with Gasteiger partial charge >= 0.3 is 5.97 Å². The van der Waals surface area contributed by atoms with Crippen molar-refractivity contribution >= 4 is 35.1 Å². The Balaban J connectivity index is 1.93. The molecule has 0 aliphatic heterocycles. The molecule has 10 heteroatoms. The van der Waals surface area contributed by atoms with Gasteiger partial charge in [0.15, 0.2) is 16.8 Å². The maximum absolute atomic E-state index is 13.2. The number of aromatic nitrogens is 4. The van der Waals surface area contributed by atoms with Gasteiger partial charge in [-0.3, -0.25) is 14.3 Å². The molecule has 0 saturated heterocycles. The normalized spacial score (nSPS) is 12.2. The van der Waals surface area contributed by atoms with E-state index in [1.807, 2.05) is 42.6 Å². The van der Waals surface area contributed by atoms with E-state index < -0.39 is 5.97 Å². The number of hydrogen-bond donors (Lipinski definition) is 1. The number of aromatic amines is 1. The number of ketones is 1. The summed E-state index contributed by atoms with van der Waals surface area (Å²) < 4.78 is 7.09. The number of esters is 1. The number of hydrogen-bond acceptors (Lipinski definition) is 7. The van der Waals surface area contributed by atoms with Gasteiger partial charge in [-0.1, -0.05) is 23.4 Å². The lowest BCUT2D eigenvalue weighted by atomic mass is 10.1. The van der Waals surface area contributed by atoms with E-state index in [2.05, 4.69) is 15.2 Å². The Kier molecular flexibility index (Phi) is 7.99. The predicted molar refractivity (Wildman–Crippen MR) is 130 cm³/mol. The first-order valence-electron chi connectivity index (χ1n) is 10.6. The van der Waals surface area contributed by atoms with Crippen molar-refractivity contribution in [3.05, 3.63) is 57.6 Å². The Morgan fingerprint density at radius 1 is 1.15 bits per heavy atom. The number of Topliss-reactive ketones (excluding diaryl/α,β-unsaturated/α-hetero) is 1. The van der Waals surface area contributed by atoms with E-state index in [0.717, 1.165) is 11.5 Å². The molecule has 1 N–H and O–H groups in total. The lowest BCUT2D eigenvalue weighted by Crippen LogP contribution is -2.20. The minimum atomic E-state index is -0.501. The zero-order valence-electron chi connectivity index (χ0n) is 19.6. The number of nitrogens with zero attached hydrogens (tertiary/aromatic N) is 4. The zero-order chi connectivity index (χ0) is 24.3. The summed E-state index contributed by atoms with van der Waals surface area (Å²) >= 11 is 7.35. The predicted octanol–water partition coefficient (Wildman–Crippen LogP) is 4.64. The Labute approximate surface area is 202 Å². The van der Waals surface area contributed by atoms with Crippen LogP contribution in [0.4, 0.5) is 0 Å². The van der Waals surface area contributed by atoms with Gasteiger partial charge < -0.3 is 9.72 Å². The van der Waals surface area contributed by atoms with Crippen molar-refractivity contribution in [2.24, 2.45) is 0 Å². The molecule has 0 amide bonds. The van der Waals surface area contributed by atoms with Crippen molar-refractivity contribution < 1.29 is 14.3 Å². The Morgan fingerprint density at radius 3 is 2.39 bits per heavy atom. The number of benzene rings is 1. The van der Waals surface area contributed by atoms with Gasteiger partial charge in [0.25, 0.3) is 0 Å². The van der Waals surface area contributed by atoms with E-state index in [-0.39, 0.29) is 24.2 Å². The van der Waals surface area contributed by atoms with Crippen LogP contribution >= 0.6 is 23.4 Å². The van der Waals surface area contributed by atoms with Crippen LogP contribution in [-0.2, 0) is 4.74 Å². The highest BCUT2D eigenvalue weighted by molar-refractivity contribution is 7.99. The third kappa shape index (κ3) is 5.31. The summed E-state index contributed by atoms with van der Waals surface area (Å²) in [7, 11) is 3.94. The SMILES string of the molecule is CCOC(=O)c1c(C)[nH]c(C)c1C(=O)CSc1nnc([C@@H](C)N(C)C)n1-c1ccc(Cl)cc1. The topological polar surface area (TPSA) is 93.1 Å². The molecule has 8 nitrogen and oxygen atoms in total. The van der Waals surface area contributed by atoms with Crippen LogP contribution in [0.2, 0.25) is 5.02 Å². The molecule has 0 radical (unpaired) electrons. The highest BCUT2D eigenvalue weighted by Gasteiger charge is 2.27. The van der Waals surface area contributed by atoms with Crippen LogP contribution in [0.15, 0.2) is 29.4 Å². The highest BCUT2D eigenvalue weighted by atomic mass is 35.5. The van der Waals surface area contributed by atoms with Crippen LogP contribution in [0.5, 0.6) is 0 Å². The minimum Gasteiger partial charge on any atom is -0.462 e. The molecule has 3 aromatic rings. The van der Waals surface area contributed by atoms with Crippen molar-refractivity contribution in [1.82, 2.24) is 24.6 Å². The van der Waals surface area contributed by atoms with Crippen molar-refractivity contribution in [2.45, 2.75) is 38.9 Å². The molecule has 0 saturated carbocycles. The fraction of sp³-hybridized carbons (Fsp3) is 0.391. The number of ether oxygens (including phenoxy) is 1. The van der Waals surface area contributed by atoms with Gasteiger partial charge in [0.1, 0.15) is 0 Å². The Morgan fingerprint density at radius 2 is 1.79 bits per heavy atom. The molecule has 33 heavy (non-hydrogen) atoms. The summed E-state index contributed by atoms with van der Waals surface area (Å²) in [6, 6.07) is 7.38. The van der Waals surface area contributed by atoms with Gasteiger partial charge in [-0.15, -0.1) is 10.2 Å².